The van der Waals surface area contributed by atoms with Gasteiger partial charge in [-0.2, -0.15) is 0 Å². The molecule has 3 heterocycles. The van der Waals surface area contributed by atoms with Gasteiger partial charge in [-0.05, 0) is 12.1 Å². The highest BCUT2D eigenvalue weighted by Crippen LogP contribution is 2.28. The Hall–Kier alpha value is -3.83. The van der Waals surface area contributed by atoms with Crippen molar-refractivity contribution in [2.75, 3.05) is 17.6 Å². The van der Waals surface area contributed by atoms with E-state index in [1.54, 1.807) is 30.3 Å². The molecular weight excluding hydrogens is 462 g/mol. The monoisotopic (exact) mass is 477 g/mol. The number of hydrogen-bond donors (Lipinski definition) is 1. The summed E-state index contributed by atoms with van der Waals surface area (Å²) in [5.74, 6) is -0.0903. The molecule has 0 saturated heterocycles. The Balaban J connectivity index is 1.15. The quantitative estimate of drug-likeness (QED) is 0.242. The third-order valence-electron chi connectivity index (χ3n) is 4.85. The predicted octanol–water partition coefficient (Wildman–Crippen LogP) is 3.83. The summed E-state index contributed by atoms with van der Waals surface area (Å²) in [6.45, 7) is 0.249. The summed E-state index contributed by atoms with van der Waals surface area (Å²) in [5, 5.41) is 14.8. The Kier molecular flexibility index (Phi) is 5.71. The molecule has 1 N–H and O–H groups in total. The molecular formula is C22H15N5O4S2. The number of rotatable bonds is 7. The van der Waals surface area contributed by atoms with E-state index in [2.05, 4.69) is 20.7 Å². The van der Waals surface area contributed by atoms with Gasteiger partial charge in [-0.15, -0.1) is 10.2 Å². The van der Waals surface area contributed by atoms with Gasteiger partial charge in [0.2, 0.25) is 5.13 Å². The van der Waals surface area contributed by atoms with Crippen molar-refractivity contribution in [2.24, 2.45) is 0 Å². The smallest absolute Gasteiger partial charge is 0.279 e. The maximum atomic E-state index is 12.5. The average Bonchev–Trinajstić information content (AvgIpc) is 3.56. The maximum Gasteiger partial charge on any atom is 0.279 e. The van der Waals surface area contributed by atoms with Gasteiger partial charge in [0.05, 0.1) is 11.1 Å². The fourth-order valence-corrected chi connectivity index (χ4v) is 5.01. The Morgan fingerprint density at radius 1 is 1.00 bits per heavy atom. The Morgan fingerprint density at radius 3 is 2.42 bits per heavy atom. The number of thioether (sulfide) groups is 1. The number of carbonyl (C=O) groups is 3. The molecule has 164 valence electrons. The zero-order valence-corrected chi connectivity index (χ0v) is 18.6. The maximum absolute atomic E-state index is 12.5. The topological polar surface area (TPSA) is 118 Å². The standard InChI is InChI=1S/C22H15N5O4S2/c28-18(16-12-17(31-26-16)13-6-2-1-3-7-13)23-21-24-25-22(33-21)32-11-10-27-19(29)14-8-4-5-9-15(14)20(27)30/h1-9,12H,10-11H2,(H,23,24,28). The summed E-state index contributed by atoms with van der Waals surface area (Å²) < 4.78 is 5.85. The van der Waals surface area contributed by atoms with Crippen molar-refractivity contribution in [3.8, 4) is 11.3 Å². The first-order valence-electron chi connectivity index (χ1n) is 9.85. The first-order chi connectivity index (χ1) is 16.1. The highest BCUT2D eigenvalue weighted by Gasteiger charge is 2.34. The van der Waals surface area contributed by atoms with E-state index in [1.165, 1.54) is 28.0 Å². The molecule has 9 nitrogen and oxygen atoms in total. The fourth-order valence-electron chi connectivity index (χ4n) is 3.27. The van der Waals surface area contributed by atoms with E-state index in [-0.39, 0.29) is 24.1 Å². The predicted molar refractivity (Wildman–Crippen MR) is 122 cm³/mol. The SMILES string of the molecule is O=C(Nc1nnc(SCCN2C(=O)c3ccccc3C2=O)s1)c1cc(-c2ccccc2)on1. The van der Waals surface area contributed by atoms with Crippen molar-refractivity contribution in [3.63, 3.8) is 0 Å². The van der Waals surface area contributed by atoms with Gasteiger partial charge in [-0.25, -0.2) is 0 Å². The van der Waals surface area contributed by atoms with Crippen LogP contribution in [0.1, 0.15) is 31.2 Å². The zero-order chi connectivity index (χ0) is 22.8. The number of carbonyl (C=O) groups excluding carboxylic acids is 3. The first-order valence-corrected chi connectivity index (χ1v) is 11.7. The number of fused-ring (bicyclic) bond motifs is 1. The number of nitrogens with one attached hydrogen (secondary N) is 1. The first kappa shape index (κ1) is 21.0. The lowest BCUT2D eigenvalue weighted by atomic mass is 10.1. The van der Waals surface area contributed by atoms with Crippen LogP contribution in [-0.2, 0) is 0 Å². The lowest BCUT2D eigenvalue weighted by molar-refractivity contribution is 0.0664. The number of hydrogen-bond acceptors (Lipinski definition) is 9. The van der Waals surface area contributed by atoms with Crippen LogP contribution in [0.25, 0.3) is 11.3 Å². The average molecular weight is 478 g/mol. The van der Waals surface area contributed by atoms with E-state index in [0.29, 0.717) is 32.1 Å². The van der Waals surface area contributed by atoms with Gasteiger partial charge in [-0.3, -0.25) is 24.6 Å². The molecule has 33 heavy (non-hydrogen) atoms. The third-order valence-corrected chi connectivity index (χ3v) is 6.80. The molecule has 0 bridgehead atoms. The molecule has 2 aromatic carbocycles. The molecule has 11 heteroatoms. The fraction of sp³-hybridized carbons (Fsp3) is 0.0909. The minimum Gasteiger partial charge on any atom is -0.355 e. The number of imide groups is 1. The van der Waals surface area contributed by atoms with Gasteiger partial charge >= 0.3 is 0 Å². The summed E-state index contributed by atoms with van der Waals surface area (Å²) >= 11 is 2.54. The molecule has 0 fully saturated rings. The molecule has 1 aliphatic heterocycles. The van der Waals surface area contributed by atoms with Gasteiger partial charge < -0.3 is 4.52 Å². The van der Waals surface area contributed by atoms with E-state index in [9.17, 15) is 14.4 Å². The molecule has 1 aliphatic rings. The van der Waals surface area contributed by atoms with Crippen molar-refractivity contribution in [3.05, 3.63) is 77.5 Å². The van der Waals surface area contributed by atoms with Crippen molar-refractivity contribution in [2.45, 2.75) is 4.34 Å². The number of aromatic nitrogens is 3. The van der Waals surface area contributed by atoms with Crippen molar-refractivity contribution in [1.29, 1.82) is 0 Å². The van der Waals surface area contributed by atoms with Crippen molar-refractivity contribution in [1.82, 2.24) is 20.3 Å². The summed E-state index contributed by atoms with van der Waals surface area (Å²) in [6, 6.07) is 17.7. The van der Waals surface area contributed by atoms with Crippen LogP contribution < -0.4 is 5.32 Å². The second kappa shape index (κ2) is 8.96. The van der Waals surface area contributed by atoms with E-state index in [1.807, 2.05) is 30.3 Å². The number of nitrogens with zero attached hydrogens (tertiary/aromatic N) is 4. The highest BCUT2D eigenvalue weighted by atomic mass is 32.2. The van der Waals surface area contributed by atoms with Gasteiger partial charge in [-0.1, -0.05) is 70.7 Å². The van der Waals surface area contributed by atoms with Crippen LogP contribution in [0.15, 0.2) is 69.5 Å². The molecule has 0 radical (unpaired) electrons. The van der Waals surface area contributed by atoms with Crippen LogP contribution >= 0.6 is 23.1 Å². The number of anilines is 1. The summed E-state index contributed by atoms with van der Waals surface area (Å²) in [4.78, 5) is 38.5. The van der Waals surface area contributed by atoms with Gasteiger partial charge in [0.15, 0.2) is 15.8 Å². The van der Waals surface area contributed by atoms with Crippen LogP contribution in [0.3, 0.4) is 0 Å². The minimum absolute atomic E-state index is 0.129. The summed E-state index contributed by atoms with van der Waals surface area (Å²) in [7, 11) is 0. The van der Waals surface area contributed by atoms with E-state index in [0.717, 1.165) is 5.56 Å². The highest BCUT2D eigenvalue weighted by molar-refractivity contribution is 8.01. The zero-order valence-electron chi connectivity index (χ0n) is 16.9. The largest absolute Gasteiger partial charge is 0.355 e. The van der Waals surface area contributed by atoms with E-state index in [4.69, 9.17) is 4.52 Å². The van der Waals surface area contributed by atoms with Crippen LogP contribution in [-0.4, -0.2) is 50.3 Å². The van der Waals surface area contributed by atoms with Crippen molar-refractivity contribution < 1.29 is 18.9 Å². The van der Waals surface area contributed by atoms with E-state index >= 15 is 0 Å². The molecule has 5 rings (SSSR count). The molecule has 0 saturated carbocycles. The molecule has 4 aromatic rings. The Morgan fingerprint density at radius 2 is 1.70 bits per heavy atom. The summed E-state index contributed by atoms with van der Waals surface area (Å²) in [6.07, 6.45) is 0. The molecule has 0 atom stereocenters. The van der Waals surface area contributed by atoms with Gasteiger partial charge in [0, 0.05) is 23.9 Å². The summed E-state index contributed by atoms with van der Waals surface area (Å²) in [5.41, 5.74) is 1.80. The molecule has 0 aliphatic carbocycles. The molecule has 2 aromatic heterocycles. The second-order valence-electron chi connectivity index (χ2n) is 6.93. The molecule has 0 unspecified atom stereocenters. The second-order valence-corrected chi connectivity index (χ2v) is 9.25. The Labute approximate surface area is 195 Å². The normalized spacial score (nSPS) is 12.8. The minimum atomic E-state index is -0.459. The lowest BCUT2D eigenvalue weighted by Gasteiger charge is -2.12. The van der Waals surface area contributed by atoms with E-state index < -0.39 is 5.91 Å². The van der Waals surface area contributed by atoms with Gasteiger partial charge in [0.25, 0.3) is 17.7 Å². The van der Waals surface area contributed by atoms with Crippen LogP contribution in [0, 0.1) is 0 Å². The van der Waals surface area contributed by atoms with Crippen LogP contribution in [0.2, 0.25) is 0 Å². The number of benzene rings is 2. The Bertz CT molecular complexity index is 1320. The van der Waals surface area contributed by atoms with Crippen LogP contribution in [0.5, 0.6) is 0 Å². The van der Waals surface area contributed by atoms with Crippen molar-refractivity contribution >= 4 is 46.0 Å². The third kappa shape index (κ3) is 4.28. The van der Waals surface area contributed by atoms with Crippen LogP contribution in [0.4, 0.5) is 5.13 Å². The molecule has 0 spiro atoms. The number of amides is 3. The van der Waals surface area contributed by atoms with Gasteiger partial charge in [0.1, 0.15) is 0 Å². The lowest BCUT2D eigenvalue weighted by Crippen LogP contribution is -2.31. The molecule has 3 amide bonds.